The van der Waals surface area contributed by atoms with Crippen LogP contribution in [0.4, 0.5) is 10.5 Å². The summed E-state index contributed by atoms with van der Waals surface area (Å²) in [5.74, 6) is -0.526. The summed E-state index contributed by atoms with van der Waals surface area (Å²) in [6, 6.07) is 4.31. The summed E-state index contributed by atoms with van der Waals surface area (Å²) in [4.78, 5) is 41.6. The van der Waals surface area contributed by atoms with Crippen molar-refractivity contribution in [3.8, 4) is 0 Å². The summed E-state index contributed by atoms with van der Waals surface area (Å²) in [5, 5.41) is 2.32. The number of fused-ring (bicyclic) bond motifs is 1. The highest BCUT2D eigenvalue weighted by Gasteiger charge is 2.40. The van der Waals surface area contributed by atoms with Crippen molar-refractivity contribution in [1.29, 1.82) is 0 Å². The van der Waals surface area contributed by atoms with Gasteiger partial charge in [-0.05, 0) is 57.7 Å². The maximum atomic E-state index is 13.0. The van der Waals surface area contributed by atoms with Crippen LogP contribution in [0.2, 0.25) is 0 Å². The molecule has 0 spiro atoms. The summed E-state index contributed by atoms with van der Waals surface area (Å²) in [7, 11) is -3.35. The SMILES string of the molecule is CC(C)S(=O)(=O)NC1CCN(C(=O)Nc2ccc3c(c2)C(=O)N(C2CCCCC2)C3=O)CC1. The molecular formula is C23H32N4O5S. The van der Waals surface area contributed by atoms with Gasteiger partial charge in [0.1, 0.15) is 0 Å². The largest absolute Gasteiger partial charge is 0.324 e. The van der Waals surface area contributed by atoms with Crippen LogP contribution in [0.3, 0.4) is 0 Å². The van der Waals surface area contributed by atoms with E-state index in [0.29, 0.717) is 42.7 Å². The Morgan fingerprint density at radius 3 is 2.24 bits per heavy atom. The van der Waals surface area contributed by atoms with E-state index in [1.165, 1.54) is 4.90 Å². The van der Waals surface area contributed by atoms with Gasteiger partial charge < -0.3 is 10.2 Å². The number of sulfonamides is 1. The quantitative estimate of drug-likeness (QED) is 0.634. The molecule has 0 bridgehead atoms. The van der Waals surface area contributed by atoms with Gasteiger partial charge in [-0.1, -0.05) is 19.3 Å². The standard InChI is InChI=1S/C23H32N4O5S/c1-15(2)33(31,32)25-16-10-12-26(13-11-16)23(30)24-17-8-9-19-20(14-17)22(29)27(21(19)28)18-6-4-3-5-7-18/h8-9,14-16,18,25H,3-7,10-13H2,1-2H3,(H,24,30). The van der Waals surface area contributed by atoms with Crippen LogP contribution in [0.25, 0.3) is 0 Å². The van der Waals surface area contributed by atoms with Gasteiger partial charge in [0.15, 0.2) is 0 Å². The molecule has 0 atom stereocenters. The van der Waals surface area contributed by atoms with Crippen molar-refractivity contribution in [2.75, 3.05) is 18.4 Å². The average molecular weight is 477 g/mol. The maximum absolute atomic E-state index is 13.0. The fraction of sp³-hybridized carbons (Fsp3) is 0.609. The number of nitrogens with zero attached hydrogens (tertiary/aromatic N) is 2. The van der Waals surface area contributed by atoms with Crippen LogP contribution in [-0.2, 0) is 10.0 Å². The van der Waals surface area contributed by atoms with Crippen LogP contribution in [0.5, 0.6) is 0 Å². The lowest BCUT2D eigenvalue weighted by molar-refractivity contribution is 0.0549. The third-order valence-corrected chi connectivity index (χ3v) is 8.75. The van der Waals surface area contributed by atoms with Crippen molar-refractivity contribution in [1.82, 2.24) is 14.5 Å². The minimum Gasteiger partial charge on any atom is -0.324 e. The van der Waals surface area contributed by atoms with Crippen LogP contribution in [0, 0.1) is 0 Å². The van der Waals surface area contributed by atoms with Gasteiger partial charge in [0.25, 0.3) is 11.8 Å². The molecule has 0 aromatic heterocycles. The molecule has 2 heterocycles. The van der Waals surface area contributed by atoms with Gasteiger partial charge in [-0.3, -0.25) is 14.5 Å². The molecular weight excluding hydrogens is 444 g/mol. The number of anilines is 1. The zero-order valence-electron chi connectivity index (χ0n) is 19.2. The summed E-state index contributed by atoms with van der Waals surface area (Å²) < 4.78 is 26.8. The second kappa shape index (κ2) is 9.42. The van der Waals surface area contributed by atoms with Gasteiger partial charge in [0.05, 0.1) is 16.4 Å². The van der Waals surface area contributed by atoms with Crippen LogP contribution in [0.1, 0.15) is 79.5 Å². The number of imide groups is 1. The maximum Gasteiger partial charge on any atom is 0.321 e. The first-order valence-electron chi connectivity index (χ1n) is 11.8. The van der Waals surface area contributed by atoms with Gasteiger partial charge in [-0.2, -0.15) is 0 Å². The molecule has 4 rings (SSSR count). The highest BCUT2D eigenvalue weighted by molar-refractivity contribution is 7.90. The first-order valence-corrected chi connectivity index (χ1v) is 13.3. The number of hydrogen-bond donors (Lipinski definition) is 2. The summed E-state index contributed by atoms with van der Waals surface area (Å²) >= 11 is 0. The number of piperidine rings is 1. The van der Waals surface area contributed by atoms with Gasteiger partial charge in [0.2, 0.25) is 10.0 Å². The third-order valence-electron chi connectivity index (χ3n) is 6.84. The minimum atomic E-state index is -3.35. The van der Waals surface area contributed by atoms with Gasteiger partial charge in [-0.15, -0.1) is 0 Å². The van der Waals surface area contributed by atoms with Crippen molar-refractivity contribution >= 4 is 33.6 Å². The number of rotatable bonds is 5. The molecule has 0 unspecified atom stereocenters. The number of benzene rings is 1. The zero-order valence-corrected chi connectivity index (χ0v) is 20.0. The first-order chi connectivity index (χ1) is 15.7. The molecule has 180 valence electrons. The lowest BCUT2D eigenvalue weighted by atomic mass is 9.94. The van der Waals surface area contributed by atoms with Crippen molar-refractivity contribution in [3.05, 3.63) is 29.3 Å². The average Bonchev–Trinajstić information content (AvgIpc) is 3.04. The van der Waals surface area contributed by atoms with Gasteiger partial charge in [-0.25, -0.2) is 17.9 Å². The highest BCUT2D eigenvalue weighted by atomic mass is 32.2. The topological polar surface area (TPSA) is 116 Å². The molecule has 2 aliphatic heterocycles. The van der Waals surface area contributed by atoms with E-state index in [2.05, 4.69) is 10.0 Å². The molecule has 1 aromatic rings. The molecule has 1 aliphatic carbocycles. The number of amides is 4. The molecule has 1 aromatic carbocycles. The van der Waals surface area contributed by atoms with Crippen LogP contribution >= 0.6 is 0 Å². The second-order valence-electron chi connectivity index (χ2n) is 9.44. The van der Waals surface area contributed by atoms with Gasteiger partial charge >= 0.3 is 6.03 Å². The van der Waals surface area contributed by atoms with Crippen LogP contribution in [0.15, 0.2) is 18.2 Å². The predicted octanol–water partition coefficient (Wildman–Crippen LogP) is 2.94. The minimum absolute atomic E-state index is 0.0430. The molecule has 33 heavy (non-hydrogen) atoms. The van der Waals surface area contributed by atoms with Crippen molar-refractivity contribution < 1.29 is 22.8 Å². The van der Waals surface area contributed by atoms with E-state index >= 15 is 0 Å². The van der Waals surface area contributed by atoms with E-state index in [-0.39, 0.29) is 29.9 Å². The Morgan fingerprint density at radius 2 is 1.61 bits per heavy atom. The number of nitrogens with one attached hydrogen (secondary N) is 2. The molecule has 1 saturated carbocycles. The number of likely N-dealkylation sites (tertiary alicyclic amines) is 1. The number of urea groups is 1. The third kappa shape index (κ3) is 4.91. The Bertz CT molecular complexity index is 1040. The van der Waals surface area contributed by atoms with E-state index in [9.17, 15) is 22.8 Å². The first kappa shape index (κ1) is 23.7. The Morgan fingerprint density at radius 1 is 0.970 bits per heavy atom. The Balaban J connectivity index is 1.37. The zero-order chi connectivity index (χ0) is 23.8. The fourth-order valence-electron chi connectivity index (χ4n) is 4.78. The van der Waals surface area contributed by atoms with E-state index < -0.39 is 15.3 Å². The predicted molar refractivity (Wildman–Crippen MR) is 125 cm³/mol. The lowest BCUT2D eigenvalue weighted by Gasteiger charge is -2.32. The van der Waals surface area contributed by atoms with E-state index in [0.717, 1.165) is 32.1 Å². The normalized spacial score (nSPS) is 20.5. The number of hydrogen-bond acceptors (Lipinski definition) is 5. The monoisotopic (exact) mass is 476 g/mol. The second-order valence-corrected chi connectivity index (χ2v) is 11.7. The molecule has 4 amide bonds. The fourth-order valence-corrected chi connectivity index (χ4v) is 5.75. The summed E-state index contributed by atoms with van der Waals surface area (Å²) in [5.41, 5.74) is 1.19. The number of carbonyl (C=O) groups is 3. The highest BCUT2D eigenvalue weighted by Crippen LogP contribution is 2.32. The molecule has 9 nitrogen and oxygen atoms in total. The molecule has 0 radical (unpaired) electrons. The smallest absolute Gasteiger partial charge is 0.321 e. The summed E-state index contributed by atoms with van der Waals surface area (Å²) in [6.45, 7) is 4.12. The molecule has 3 aliphatic rings. The molecule has 1 saturated heterocycles. The van der Waals surface area contributed by atoms with E-state index in [1.54, 1.807) is 36.9 Å². The van der Waals surface area contributed by atoms with Crippen molar-refractivity contribution in [2.45, 2.75) is 76.1 Å². The lowest BCUT2D eigenvalue weighted by Crippen LogP contribution is -2.48. The summed E-state index contributed by atoms with van der Waals surface area (Å²) in [6.07, 6.45) is 5.94. The molecule has 2 N–H and O–H groups in total. The van der Waals surface area contributed by atoms with E-state index in [4.69, 9.17) is 0 Å². The molecule has 2 fully saturated rings. The number of carbonyl (C=O) groups excluding carboxylic acids is 3. The van der Waals surface area contributed by atoms with Crippen molar-refractivity contribution in [2.24, 2.45) is 0 Å². The van der Waals surface area contributed by atoms with E-state index in [1.807, 2.05) is 0 Å². The molecule has 10 heteroatoms. The van der Waals surface area contributed by atoms with Crippen LogP contribution < -0.4 is 10.0 Å². The Kier molecular flexibility index (Phi) is 6.76. The Labute approximate surface area is 194 Å². The Hall–Kier alpha value is -2.46. The van der Waals surface area contributed by atoms with Crippen LogP contribution in [-0.4, -0.2) is 66.5 Å². The van der Waals surface area contributed by atoms with Gasteiger partial charge in [0, 0.05) is 30.9 Å². The van der Waals surface area contributed by atoms with Crippen molar-refractivity contribution in [3.63, 3.8) is 0 Å².